The zero-order chi connectivity index (χ0) is 10.1. The number of anilines is 1. The molecule has 14 heavy (non-hydrogen) atoms. The van der Waals surface area contributed by atoms with Crippen LogP contribution in [-0.2, 0) is 14.1 Å². The molecule has 0 aliphatic carbocycles. The minimum atomic E-state index is 0.403. The van der Waals surface area contributed by atoms with Crippen molar-refractivity contribution in [2.75, 3.05) is 5.73 Å². The fourth-order valence-corrected chi connectivity index (χ4v) is 1.13. The van der Waals surface area contributed by atoms with Crippen molar-refractivity contribution in [3.63, 3.8) is 0 Å². The molecule has 0 fully saturated rings. The van der Waals surface area contributed by atoms with Gasteiger partial charge in [0, 0.05) is 14.1 Å². The predicted molar refractivity (Wildman–Crippen MR) is 50.9 cm³/mol. The smallest absolute Gasteiger partial charge is 0.261 e. The van der Waals surface area contributed by atoms with Gasteiger partial charge in [-0.05, 0) is 0 Å². The first-order valence-corrected chi connectivity index (χ1v) is 4.11. The average Bonchev–Trinajstić information content (AvgIpc) is 2.61. The highest BCUT2D eigenvalue weighted by Gasteiger charge is 2.07. The third-order valence-corrected chi connectivity index (χ3v) is 1.72. The van der Waals surface area contributed by atoms with Gasteiger partial charge in [-0.1, -0.05) is 0 Å². The number of aryl methyl sites for hydroxylation is 2. The molecule has 2 aromatic heterocycles. The monoisotopic (exact) mass is 193 g/mol. The highest BCUT2D eigenvalue weighted by Crippen LogP contribution is 2.24. The minimum absolute atomic E-state index is 0.403. The Morgan fingerprint density at radius 1 is 1.29 bits per heavy atom. The van der Waals surface area contributed by atoms with Gasteiger partial charge in [-0.2, -0.15) is 5.10 Å². The molecule has 0 spiro atoms. The molecule has 0 bridgehead atoms. The minimum Gasteiger partial charge on any atom is -0.433 e. The van der Waals surface area contributed by atoms with Gasteiger partial charge in [0.25, 0.3) is 5.88 Å². The Kier molecular flexibility index (Phi) is 1.88. The van der Waals surface area contributed by atoms with Crippen LogP contribution < -0.4 is 10.5 Å². The predicted octanol–water partition coefficient (Wildman–Crippen LogP) is 0.528. The normalized spacial score (nSPS) is 10.4. The SMILES string of the molecule is Cn1cc(Oc2nn(C)cc2N)cn1. The molecule has 2 N–H and O–H groups in total. The Hall–Kier alpha value is -1.98. The zero-order valence-electron chi connectivity index (χ0n) is 8.01. The van der Waals surface area contributed by atoms with E-state index in [4.69, 9.17) is 10.5 Å². The van der Waals surface area contributed by atoms with Crippen LogP contribution in [0.15, 0.2) is 18.6 Å². The second kappa shape index (κ2) is 3.06. The van der Waals surface area contributed by atoms with Crippen molar-refractivity contribution < 1.29 is 4.74 Å². The van der Waals surface area contributed by atoms with Gasteiger partial charge in [0.15, 0.2) is 5.75 Å². The second-order valence-corrected chi connectivity index (χ2v) is 3.02. The van der Waals surface area contributed by atoms with Gasteiger partial charge in [0.1, 0.15) is 5.69 Å². The summed E-state index contributed by atoms with van der Waals surface area (Å²) in [5.41, 5.74) is 6.17. The van der Waals surface area contributed by atoms with Gasteiger partial charge in [-0.15, -0.1) is 5.10 Å². The number of rotatable bonds is 2. The summed E-state index contributed by atoms with van der Waals surface area (Å²) in [5, 5.41) is 8.01. The van der Waals surface area contributed by atoms with E-state index in [2.05, 4.69) is 10.2 Å². The van der Waals surface area contributed by atoms with Crippen LogP contribution in [0.2, 0.25) is 0 Å². The molecule has 74 valence electrons. The van der Waals surface area contributed by atoms with Crippen molar-refractivity contribution >= 4 is 5.69 Å². The van der Waals surface area contributed by atoms with E-state index in [0.717, 1.165) is 0 Å². The molecule has 0 saturated heterocycles. The van der Waals surface area contributed by atoms with Gasteiger partial charge in [0.2, 0.25) is 0 Å². The summed E-state index contributed by atoms with van der Waals surface area (Å²) < 4.78 is 8.66. The molecular weight excluding hydrogens is 182 g/mol. The molecule has 2 rings (SSSR count). The maximum atomic E-state index is 5.66. The number of aromatic nitrogens is 4. The van der Waals surface area contributed by atoms with E-state index in [1.54, 1.807) is 35.0 Å². The Balaban J connectivity index is 2.22. The number of ether oxygens (including phenoxy) is 1. The standard InChI is InChI=1S/C8H11N5O/c1-12-4-6(3-10-12)14-8-7(9)5-13(2)11-8/h3-5H,9H2,1-2H3. The van der Waals surface area contributed by atoms with Gasteiger partial charge >= 0.3 is 0 Å². The van der Waals surface area contributed by atoms with Crippen LogP contribution in [0.1, 0.15) is 0 Å². The summed E-state index contributed by atoms with van der Waals surface area (Å²) >= 11 is 0. The lowest BCUT2D eigenvalue weighted by Gasteiger charge is -1.97. The first kappa shape index (κ1) is 8.61. The van der Waals surface area contributed by atoms with Crippen molar-refractivity contribution in [2.45, 2.75) is 0 Å². The molecule has 0 aliphatic heterocycles. The topological polar surface area (TPSA) is 70.9 Å². The molecule has 2 aromatic rings. The van der Waals surface area contributed by atoms with E-state index in [1.807, 2.05) is 7.05 Å². The van der Waals surface area contributed by atoms with Crippen LogP contribution in [0.5, 0.6) is 11.6 Å². The van der Waals surface area contributed by atoms with E-state index < -0.39 is 0 Å². The van der Waals surface area contributed by atoms with E-state index in [-0.39, 0.29) is 0 Å². The summed E-state index contributed by atoms with van der Waals surface area (Å²) in [4.78, 5) is 0. The highest BCUT2D eigenvalue weighted by atomic mass is 16.5. The maximum absolute atomic E-state index is 5.66. The van der Waals surface area contributed by atoms with Crippen LogP contribution in [-0.4, -0.2) is 19.6 Å². The number of hydrogen-bond acceptors (Lipinski definition) is 4. The van der Waals surface area contributed by atoms with Crippen molar-refractivity contribution in [1.29, 1.82) is 0 Å². The fourth-order valence-electron chi connectivity index (χ4n) is 1.13. The van der Waals surface area contributed by atoms with E-state index in [1.165, 1.54) is 0 Å². The van der Waals surface area contributed by atoms with Crippen LogP contribution >= 0.6 is 0 Å². The lowest BCUT2D eigenvalue weighted by molar-refractivity contribution is 0.455. The molecule has 0 aliphatic rings. The molecule has 0 aromatic carbocycles. The van der Waals surface area contributed by atoms with Crippen molar-refractivity contribution in [2.24, 2.45) is 14.1 Å². The summed E-state index contributed by atoms with van der Waals surface area (Å²) in [5.74, 6) is 1.03. The second-order valence-electron chi connectivity index (χ2n) is 3.02. The van der Waals surface area contributed by atoms with Crippen LogP contribution in [0, 0.1) is 0 Å². The van der Waals surface area contributed by atoms with E-state index >= 15 is 0 Å². The number of nitrogen functional groups attached to an aromatic ring is 1. The third-order valence-electron chi connectivity index (χ3n) is 1.72. The lowest BCUT2D eigenvalue weighted by Crippen LogP contribution is -1.90. The first-order chi connectivity index (χ1) is 6.65. The Morgan fingerprint density at radius 3 is 2.57 bits per heavy atom. The number of hydrogen-bond donors (Lipinski definition) is 1. The fraction of sp³-hybridized carbons (Fsp3) is 0.250. The molecule has 2 heterocycles. The van der Waals surface area contributed by atoms with Crippen LogP contribution in [0.25, 0.3) is 0 Å². The average molecular weight is 193 g/mol. The Morgan fingerprint density at radius 2 is 2.07 bits per heavy atom. The van der Waals surface area contributed by atoms with Gasteiger partial charge in [0.05, 0.1) is 18.6 Å². The largest absolute Gasteiger partial charge is 0.433 e. The Bertz CT molecular complexity index is 444. The number of nitrogens with zero attached hydrogens (tertiary/aromatic N) is 4. The highest BCUT2D eigenvalue weighted by molar-refractivity contribution is 5.47. The van der Waals surface area contributed by atoms with E-state index in [9.17, 15) is 0 Å². The summed E-state index contributed by atoms with van der Waals surface area (Å²) in [6, 6.07) is 0. The van der Waals surface area contributed by atoms with Crippen LogP contribution in [0.3, 0.4) is 0 Å². The first-order valence-electron chi connectivity index (χ1n) is 4.11. The molecule has 0 unspecified atom stereocenters. The molecule has 6 nitrogen and oxygen atoms in total. The summed E-state index contributed by atoms with van der Waals surface area (Å²) in [7, 11) is 3.60. The summed E-state index contributed by atoms with van der Waals surface area (Å²) in [6.07, 6.45) is 5.04. The molecule has 6 heteroatoms. The van der Waals surface area contributed by atoms with Gasteiger partial charge in [-0.3, -0.25) is 9.36 Å². The molecule has 0 saturated carbocycles. The van der Waals surface area contributed by atoms with E-state index in [0.29, 0.717) is 17.3 Å². The van der Waals surface area contributed by atoms with Crippen molar-refractivity contribution in [3.05, 3.63) is 18.6 Å². The van der Waals surface area contributed by atoms with Crippen molar-refractivity contribution in [1.82, 2.24) is 19.6 Å². The summed E-state index contributed by atoms with van der Waals surface area (Å²) in [6.45, 7) is 0. The van der Waals surface area contributed by atoms with Gasteiger partial charge < -0.3 is 10.5 Å². The quantitative estimate of drug-likeness (QED) is 0.755. The third kappa shape index (κ3) is 1.54. The van der Waals surface area contributed by atoms with Gasteiger partial charge in [-0.25, -0.2) is 0 Å². The molecule has 0 amide bonds. The van der Waals surface area contributed by atoms with Crippen molar-refractivity contribution in [3.8, 4) is 11.6 Å². The lowest BCUT2D eigenvalue weighted by atomic mass is 10.5. The zero-order valence-corrected chi connectivity index (χ0v) is 8.01. The molecule has 0 atom stereocenters. The molecular formula is C8H11N5O. The van der Waals surface area contributed by atoms with Crippen LogP contribution in [0.4, 0.5) is 5.69 Å². The maximum Gasteiger partial charge on any atom is 0.261 e. The number of nitrogens with two attached hydrogens (primary N) is 1. The Labute approximate surface area is 80.9 Å². The molecule has 0 radical (unpaired) electrons.